The van der Waals surface area contributed by atoms with Crippen molar-refractivity contribution in [2.24, 2.45) is 0 Å². The van der Waals surface area contributed by atoms with E-state index >= 15 is 0 Å². The van der Waals surface area contributed by atoms with Gasteiger partial charge >= 0.3 is 6.18 Å². The van der Waals surface area contributed by atoms with Crippen LogP contribution in [0, 0.1) is 0 Å². The molecule has 3 aromatic carbocycles. The molecule has 0 unspecified atom stereocenters. The van der Waals surface area contributed by atoms with Crippen LogP contribution in [-0.4, -0.2) is 91.0 Å². The second-order valence-electron chi connectivity index (χ2n) is 12.7. The van der Waals surface area contributed by atoms with E-state index in [4.69, 9.17) is 4.74 Å². The van der Waals surface area contributed by atoms with Gasteiger partial charge in [-0.05, 0) is 65.7 Å². The Morgan fingerprint density at radius 1 is 0.843 bits per heavy atom. The van der Waals surface area contributed by atoms with Crippen molar-refractivity contribution < 1.29 is 27.5 Å². The molecule has 4 aromatic rings. The Hall–Kier alpha value is -5.00. The fourth-order valence-corrected chi connectivity index (χ4v) is 5.95. The summed E-state index contributed by atoms with van der Waals surface area (Å²) in [7, 11) is 3.73. The minimum atomic E-state index is -4.46. The van der Waals surface area contributed by atoms with Crippen LogP contribution in [0.15, 0.2) is 109 Å². The summed E-state index contributed by atoms with van der Waals surface area (Å²) in [4.78, 5) is 40.3. The van der Waals surface area contributed by atoms with Crippen molar-refractivity contribution in [1.29, 1.82) is 0 Å². The normalized spacial score (nSPS) is 14.1. The number of aromatic nitrogens is 1. The third kappa shape index (κ3) is 11.0. The van der Waals surface area contributed by atoms with Crippen molar-refractivity contribution in [3.8, 4) is 0 Å². The van der Waals surface area contributed by atoms with Crippen molar-refractivity contribution >= 4 is 23.6 Å². The van der Waals surface area contributed by atoms with Gasteiger partial charge in [-0.15, -0.1) is 0 Å². The molecule has 268 valence electrons. The lowest BCUT2D eigenvalue weighted by atomic mass is 10.0. The molecule has 1 saturated heterocycles. The van der Waals surface area contributed by atoms with Crippen molar-refractivity contribution in [3.63, 3.8) is 0 Å². The molecule has 1 aliphatic rings. The first-order valence-corrected chi connectivity index (χ1v) is 17.0. The van der Waals surface area contributed by atoms with Crippen molar-refractivity contribution in [2.75, 3.05) is 58.4 Å². The van der Waals surface area contributed by atoms with Gasteiger partial charge in [0.2, 0.25) is 11.8 Å². The molecule has 1 atom stereocenters. The molecule has 5 rings (SSSR count). The van der Waals surface area contributed by atoms with E-state index in [1.165, 1.54) is 24.3 Å². The average molecular weight is 700 g/mol. The zero-order chi connectivity index (χ0) is 36.2. The van der Waals surface area contributed by atoms with Gasteiger partial charge in [0.15, 0.2) is 0 Å². The van der Waals surface area contributed by atoms with Crippen LogP contribution in [0.1, 0.15) is 27.8 Å². The first-order valence-electron chi connectivity index (χ1n) is 17.0. The number of rotatable bonds is 14. The molecule has 0 aliphatic carbocycles. The monoisotopic (exact) mass is 699 g/mol. The summed E-state index contributed by atoms with van der Waals surface area (Å²) >= 11 is 0. The van der Waals surface area contributed by atoms with Crippen molar-refractivity contribution in [2.45, 2.75) is 31.7 Å². The lowest BCUT2D eigenvalue weighted by Crippen LogP contribution is -2.51. The summed E-state index contributed by atoms with van der Waals surface area (Å²) in [5, 5.41) is 0. The number of hydrogen-bond donors (Lipinski definition) is 0. The molecule has 0 N–H and O–H groups in total. The molecule has 11 heteroatoms. The standard InChI is InChI=1S/C40H44F3N5O3/c1-45(29-34-9-6-20-44-28-34)21-22-46(2)39(50)37(27-32-7-4-3-5-8-32)48(30-33-12-17-36(18-13-33)47-23-25-51-26-24-47)38(49)19-14-31-10-15-35(16-11-31)40(41,42)43/h3-20,28,37H,21-27,29-30H2,1-2H3/t37-/m0/s1. The van der Waals surface area contributed by atoms with E-state index in [0.29, 0.717) is 38.4 Å². The van der Waals surface area contributed by atoms with Crippen LogP contribution < -0.4 is 4.90 Å². The number of hydrogen-bond acceptors (Lipinski definition) is 6. The summed E-state index contributed by atoms with van der Waals surface area (Å²) in [6.07, 6.45) is 2.18. The topological polar surface area (TPSA) is 69.2 Å². The molecular weight excluding hydrogens is 655 g/mol. The molecule has 2 amide bonds. The van der Waals surface area contributed by atoms with E-state index in [-0.39, 0.29) is 18.9 Å². The maximum Gasteiger partial charge on any atom is 0.416 e. The predicted molar refractivity (Wildman–Crippen MR) is 193 cm³/mol. The molecule has 0 bridgehead atoms. The van der Waals surface area contributed by atoms with Crippen LogP contribution in [0.2, 0.25) is 0 Å². The molecule has 8 nitrogen and oxygen atoms in total. The van der Waals surface area contributed by atoms with E-state index in [9.17, 15) is 22.8 Å². The highest BCUT2D eigenvalue weighted by Crippen LogP contribution is 2.29. The van der Waals surface area contributed by atoms with Gasteiger partial charge < -0.3 is 24.3 Å². The maximum atomic E-state index is 14.4. The van der Waals surface area contributed by atoms with Gasteiger partial charge in [-0.25, -0.2) is 0 Å². The number of carbonyl (C=O) groups excluding carboxylic acids is 2. The number of halogens is 3. The molecule has 1 fully saturated rings. The molecule has 1 aromatic heterocycles. The zero-order valence-electron chi connectivity index (χ0n) is 29.0. The molecule has 2 heterocycles. The molecule has 0 spiro atoms. The number of benzene rings is 3. The van der Waals surface area contributed by atoms with Crippen LogP contribution >= 0.6 is 0 Å². The van der Waals surface area contributed by atoms with Gasteiger partial charge in [0.25, 0.3) is 0 Å². The lowest BCUT2D eigenvalue weighted by Gasteiger charge is -2.34. The maximum absolute atomic E-state index is 14.4. The number of pyridine rings is 1. The molecule has 1 aliphatic heterocycles. The smallest absolute Gasteiger partial charge is 0.378 e. The van der Waals surface area contributed by atoms with E-state index < -0.39 is 23.7 Å². The fraction of sp³-hybridized carbons (Fsp3) is 0.325. The summed E-state index contributed by atoms with van der Waals surface area (Å²) < 4.78 is 45.0. The summed E-state index contributed by atoms with van der Waals surface area (Å²) in [5.74, 6) is -0.640. The number of likely N-dealkylation sites (N-methyl/N-ethyl adjacent to an activating group) is 2. The third-order valence-corrected chi connectivity index (χ3v) is 8.91. The number of alkyl halides is 3. The van der Waals surface area contributed by atoms with Crippen LogP contribution in [-0.2, 0) is 40.0 Å². The van der Waals surface area contributed by atoms with Gasteiger partial charge in [0.1, 0.15) is 6.04 Å². The molecule has 0 saturated carbocycles. The van der Waals surface area contributed by atoms with E-state index in [2.05, 4.69) is 14.8 Å². The van der Waals surface area contributed by atoms with Crippen LogP contribution in [0.5, 0.6) is 0 Å². The van der Waals surface area contributed by atoms with Gasteiger partial charge in [-0.3, -0.25) is 14.6 Å². The number of anilines is 1. The quantitative estimate of drug-likeness (QED) is 0.147. The number of carbonyl (C=O) groups is 2. The van der Waals surface area contributed by atoms with Crippen molar-refractivity contribution in [1.82, 2.24) is 19.7 Å². The van der Waals surface area contributed by atoms with Gasteiger partial charge in [0, 0.05) is 76.9 Å². The Balaban J connectivity index is 1.41. The molecule has 51 heavy (non-hydrogen) atoms. The Morgan fingerprint density at radius 3 is 2.18 bits per heavy atom. The Bertz CT molecular complexity index is 1710. The first-order chi connectivity index (χ1) is 24.6. The predicted octanol–water partition coefficient (Wildman–Crippen LogP) is 6.18. The van der Waals surface area contributed by atoms with Crippen LogP contribution in [0.3, 0.4) is 0 Å². The van der Waals surface area contributed by atoms with Gasteiger partial charge in [-0.2, -0.15) is 13.2 Å². The van der Waals surface area contributed by atoms with E-state index in [1.807, 2.05) is 80.0 Å². The molecule has 0 radical (unpaired) electrons. The Kier molecular flexibility index (Phi) is 13.0. The second kappa shape index (κ2) is 17.8. The average Bonchev–Trinajstić information content (AvgIpc) is 3.15. The minimum Gasteiger partial charge on any atom is -0.378 e. The van der Waals surface area contributed by atoms with Crippen molar-refractivity contribution in [3.05, 3.63) is 137 Å². The highest BCUT2D eigenvalue weighted by atomic mass is 19.4. The largest absolute Gasteiger partial charge is 0.416 e. The first kappa shape index (κ1) is 37.3. The van der Waals surface area contributed by atoms with E-state index in [0.717, 1.165) is 47.6 Å². The minimum absolute atomic E-state index is 0.150. The van der Waals surface area contributed by atoms with Gasteiger partial charge in [0.05, 0.1) is 18.8 Å². The second-order valence-corrected chi connectivity index (χ2v) is 12.7. The van der Waals surface area contributed by atoms with Crippen LogP contribution in [0.4, 0.5) is 18.9 Å². The fourth-order valence-electron chi connectivity index (χ4n) is 5.95. The van der Waals surface area contributed by atoms with Gasteiger partial charge in [-0.1, -0.05) is 60.7 Å². The highest BCUT2D eigenvalue weighted by molar-refractivity contribution is 5.95. The molecular formula is C40H44F3N5O3. The Labute approximate surface area is 297 Å². The van der Waals surface area contributed by atoms with Crippen LogP contribution in [0.25, 0.3) is 6.08 Å². The Morgan fingerprint density at radius 2 is 1.53 bits per heavy atom. The number of ether oxygens (including phenoxy) is 1. The summed E-state index contributed by atoms with van der Waals surface area (Å²) in [5.41, 5.74) is 3.51. The highest BCUT2D eigenvalue weighted by Gasteiger charge is 2.32. The summed E-state index contributed by atoms with van der Waals surface area (Å²) in [6.45, 7) is 4.74. The SMILES string of the molecule is CN(CCN(C)C(=O)[C@H](Cc1ccccc1)N(Cc1ccc(N2CCOCC2)cc1)C(=O)C=Cc1ccc(C(F)(F)F)cc1)Cc1cccnc1. The zero-order valence-corrected chi connectivity index (χ0v) is 29.0. The number of amides is 2. The third-order valence-electron chi connectivity index (χ3n) is 8.91. The lowest BCUT2D eigenvalue weighted by molar-refractivity contribution is -0.143. The summed E-state index contributed by atoms with van der Waals surface area (Å²) in [6, 6.07) is 25.2. The number of morpholine rings is 1. The number of nitrogens with zero attached hydrogens (tertiary/aromatic N) is 5. The van der Waals surface area contributed by atoms with E-state index in [1.54, 1.807) is 23.0 Å².